The maximum atomic E-state index is 12.6. The minimum absolute atomic E-state index is 0.130. The number of rotatable bonds is 6. The number of carboxylic acid groups (broad SMARTS) is 1. The molecule has 28 heavy (non-hydrogen) atoms. The molecule has 2 aromatic carbocycles. The van der Waals surface area contributed by atoms with Gasteiger partial charge in [-0.1, -0.05) is 18.2 Å². The van der Waals surface area contributed by atoms with Crippen molar-refractivity contribution < 1.29 is 32.7 Å². The zero-order chi connectivity index (χ0) is 20.9. The highest BCUT2D eigenvalue weighted by atomic mass is 19.4. The number of carbonyl (C=O) groups excluding carboxylic acids is 2. The average molecular weight is 394 g/mol. The molecule has 0 fully saturated rings. The second-order valence-corrected chi connectivity index (χ2v) is 6.03. The highest BCUT2D eigenvalue weighted by Gasteiger charge is 2.30. The summed E-state index contributed by atoms with van der Waals surface area (Å²) in [4.78, 5) is 34.9. The Morgan fingerprint density at radius 1 is 1.07 bits per heavy atom. The number of carboxylic acids is 1. The predicted octanol–water partition coefficient (Wildman–Crippen LogP) is 3.09. The molecule has 9 heteroatoms. The van der Waals surface area contributed by atoms with Crippen molar-refractivity contribution in [3.63, 3.8) is 0 Å². The molecular formula is C19H17F3N2O4. The molecule has 1 atom stereocenters. The van der Waals surface area contributed by atoms with Crippen LogP contribution in [0.15, 0.2) is 48.5 Å². The minimum Gasteiger partial charge on any atom is -0.480 e. The fourth-order valence-corrected chi connectivity index (χ4v) is 2.45. The van der Waals surface area contributed by atoms with Crippen molar-refractivity contribution in [2.24, 2.45) is 0 Å². The van der Waals surface area contributed by atoms with Crippen LogP contribution in [-0.4, -0.2) is 28.9 Å². The average Bonchev–Trinajstić information content (AvgIpc) is 2.60. The van der Waals surface area contributed by atoms with Gasteiger partial charge in [-0.2, -0.15) is 13.2 Å². The Balaban J connectivity index is 2.11. The van der Waals surface area contributed by atoms with Crippen LogP contribution >= 0.6 is 0 Å². The van der Waals surface area contributed by atoms with E-state index in [2.05, 4.69) is 10.6 Å². The van der Waals surface area contributed by atoms with Crippen molar-refractivity contribution in [1.82, 2.24) is 5.32 Å². The van der Waals surface area contributed by atoms with E-state index in [-0.39, 0.29) is 17.9 Å². The number of amides is 2. The fraction of sp³-hybridized carbons (Fsp3) is 0.211. The lowest BCUT2D eigenvalue weighted by Gasteiger charge is -2.16. The van der Waals surface area contributed by atoms with Crippen LogP contribution in [0.5, 0.6) is 0 Å². The zero-order valence-electron chi connectivity index (χ0n) is 14.7. The maximum absolute atomic E-state index is 12.6. The lowest BCUT2D eigenvalue weighted by Crippen LogP contribution is -2.42. The molecule has 3 N–H and O–H groups in total. The highest BCUT2D eigenvalue weighted by molar-refractivity contribution is 5.98. The Labute approximate surface area is 158 Å². The van der Waals surface area contributed by atoms with E-state index in [1.807, 2.05) is 0 Å². The van der Waals surface area contributed by atoms with Crippen LogP contribution in [0.1, 0.15) is 28.4 Å². The first kappa shape index (κ1) is 20.9. The lowest BCUT2D eigenvalue weighted by molar-refractivity contribution is -0.139. The van der Waals surface area contributed by atoms with Gasteiger partial charge in [0.05, 0.1) is 5.56 Å². The highest BCUT2D eigenvalue weighted by Crippen LogP contribution is 2.29. The molecule has 2 aromatic rings. The molecule has 0 saturated carbocycles. The number of alkyl halides is 3. The van der Waals surface area contributed by atoms with Crippen LogP contribution in [0.4, 0.5) is 18.9 Å². The van der Waals surface area contributed by atoms with Crippen molar-refractivity contribution >= 4 is 23.5 Å². The molecule has 0 saturated heterocycles. The van der Waals surface area contributed by atoms with Crippen LogP contribution in [0.25, 0.3) is 0 Å². The molecule has 2 amide bonds. The first-order valence-corrected chi connectivity index (χ1v) is 8.13. The molecule has 0 aliphatic heterocycles. The standard InChI is InChI=1S/C19H17F3N2O4/c1-11(25)23-15-4-2-3-13(10-15)17(26)24-16(18(27)28)9-12-5-7-14(8-6-12)19(20,21)22/h2-8,10,16H,9H2,1H3,(H,23,25)(H,24,26)(H,27,28)/t16-/m1/s1. The smallest absolute Gasteiger partial charge is 0.416 e. The first-order chi connectivity index (χ1) is 13.1. The number of halogens is 3. The van der Waals surface area contributed by atoms with Crippen LogP contribution in [0.2, 0.25) is 0 Å². The quantitative estimate of drug-likeness (QED) is 0.702. The number of aliphatic carboxylic acids is 1. The molecule has 0 radical (unpaired) electrons. The summed E-state index contributed by atoms with van der Waals surface area (Å²) in [6.07, 6.45) is -4.68. The summed E-state index contributed by atoms with van der Waals surface area (Å²) in [5.74, 6) is -2.35. The number of nitrogens with one attached hydrogen (secondary N) is 2. The molecule has 148 valence electrons. The normalized spacial score (nSPS) is 12.1. The van der Waals surface area contributed by atoms with Crippen molar-refractivity contribution in [2.45, 2.75) is 25.6 Å². The van der Waals surface area contributed by atoms with E-state index in [1.54, 1.807) is 6.07 Å². The Morgan fingerprint density at radius 2 is 1.71 bits per heavy atom. The number of carbonyl (C=O) groups is 3. The van der Waals surface area contributed by atoms with Gasteiger partial charge in [-0.3, -0.25) is 9.59 Å². The Hall–Kier alpha value is -3.36. The second kappa shape index (κ2) is 8.55. The molecule has 0 bridgehead atoms. The van der Waals surface area contributed by atoms with E-state index >= 15 is 0 Å². The molecule has 0 heterocycles. The molecule has 0 aromatic heterocycles. The molecule has 6 nitrogen and oxygen atoms in total. The summed E-state index contributed by atoms with van der Waals surface area (Å²) < 4.78 is 37.8. The van der Waals surface area contributed by atoms with Gasteiger partial charge in [0, 0.05) is 24.6 Å². The fourth-order valence-electron chi connectivity index (χ4n) is 2.45. The number of hydrogen-bond donors (Lipinski definition) is 3. The van der Waals surface area contributed by atoms with Crippen molar-refractivity contribution in [2.75, 3.05) is 5.32 Å². The van der Waals surface area contributed by atoms with Crippen LogP contribution in [0.3, 0.4) is 0 Å². The molecule has 0 aliphatic rings. The Kier molecular flexibility index (Phi) is 6.40. The molecular weight excluding hydrogens is 377 g/mol. The summed E-state index contributed by atoms with van der Waals surface area (Å²) in [5.41, 5.74) is -0.0191. The van der Waals surface area contributed by atoms with E-state index in [0.717, 1.165) is 12.1 Å². The third-order valence-electron chi connectivity index (χ3n) is 3.77. The molecule has 0 unspecified atom stereocenters. The Bertz CT molecular complexity index is 879. The van der Waals surface area contributed by atoms with Gasteiger partial charge in [-0.15, -0.1) is 0 Å². The molecule has 2 rings (SSSR count). The third-order valence-corrected chi connectivity index (χ3v) is 3.77. The number of anilines is 1. The first-order valence-electron chi connectivity index (χ1n) is 8.13. The van der Waals surface area contributed by atoms with Crippen LogP contribution < -0.4 is 10.6 Å². The minimum atomic E-state index is -4.49. The van der Waals surface area contributed by atoms with Gasteiger partial charge in [0.1, 0.15) is 6.04 Å². The lowest BCUT2D eigenvalue weighted by atomic mass is 10.0. The van der Waals surface area contributed by atoms with Crippen molar-refractivity contribution in [3.8, 4) is 0 Å². The number of benzene rings is 2. The summed E-state index contributed by atoms with van der Waals surface area (Å²) in [5, 5.41) is 14.2. The van der Waals surface area contributed by atoms with Gasteiger partial charge in [0.2, 0.25) is 5.91 Å². The zero-order valence-corrected chi connectivity index (χ0v) is 14.7. The predicted molar refractivity (Wildman–Crippen MR) is 94.8 cm³/mol. The van der Waals surface area contributed by atoms with Gasteiger partial charge in [0.15, 0.2) is 0 Å². The van der Waals surface area contributed by atoms with Gasteiger partial charge in [0.25, 0.3) is 5.91 Å². The number of hydrogen-bond acceptors (Lipinski definition) is 3. The Morgan fingerprint density at radius 3 is 2.25 bits per heavy atom. The second-order valence-electron chi connectivity index (χ2n) is 6.03. The SMILES string of the molecule is CC(=O)Nc1cccc(C(=O)N[C@H](Cc2ccc(C(F)(F)F)cc2)C(=O)O)c1. The van der Waals surface area contributed by atoms with E-state index in [9.17, 15) is 32.7 Å². The van der Waals surface area contributed by atoms with E-state index < -0.39 is 29.7 Å². The van der Waals surface area contributed by atoms with Gasteiger partial charge in [-0.05, 0) is 35.9 Å². The monoisotopic (exact) mass is 394 g/mol. The molecule has 0 aliphatic carbocycles. The largest absolute Gasteiger partial charge is 0.480 e. The van der Waals surface area contributed by atoms with Gasteiger partial charge >= 0.3 is 12.1 Å². The van der Waals surface area contributed by atoms with E-state index in [1.165, 1.54) is 37.3 Å². The van der Waals surface area contributed by atoms with Gasteiger partial charge in [-0.25, -0.2) is 4.79 Å². The summed E-state index contributed by atoms with van der Waals surface area (Å²) in [6.45, 7) is 1.30. The van der Waals surface area contributed by atoms with E-state index in [4.69, 9.17) is 0 Å². The van der Waals surface area contributed by atoms with Crippen LogP contribution in [0, 0.1) is 0 Å². The van der Waals surface area contributed by atoms with Crippen molar-refractivity contribution in [3.05, 3.63) is 65.2 Å². The maximum Gasteiger partial charge on any atom is 0.416 e. The summed E-state index contributed by atoms with van der Waals surface area (Å²) in [7, 11) is 0. The van der Waals surface area contributed by atoms with Crippen molar-refractivity contribution in [1.29, 1.82) is 0 Å². The topological polar surface area (TPSA) is 95.5 Å². The van der Waals surface area contributed by atoms with Crippen LogP contribution in [-0.2, 0) is 22.2 Å². The van der Waals surface area contributed by atoms with E-state index in [0.29, 0.717) is 11.3 Å². The molecule has 0 spiro atoms. The summed E-state index contributed by atoms with van der Waals surface area (Å²) >= 11 is 0. The third kappa shape index (κ3) is 5.83. The summed E-state index contributed by atoms with van der Waals surface area (Å²) in [6, 6.07) is 8.62. The van der Waals surface area contributed by atoms with Gasteiger partial charge < -0.3 is 15.7 Å².